The van der Waals surface area contributed by atoms with Gasteiger partial charge in [-0.15, -0.1) is 12.4 Å². The molecule has 0 N–H and O–H groups in total. The topological polar surface area (TPSA) is 67.2 Å². The Kier molecular flexibility index (Phi) is 7.42. The monoisotopic (exact) mass is 446 g/mol. The van der Waals surface area contributed by atoms with Gasteiger partial charge in [-0.2, -0.15) is 5.10 Å². The third kappa shape index (κ3) is 4.80. The lowest BCUT2D eigenvalue weighted by Crippen LogP contribution is -2.47. The number of hydrogen-bond donors (Lipinski definition) is 0. The summed E-state index contributed by atoms with van der Waals surface area (Å²) in [5.74, 6) is 0.568. The number of hydrogen-bond acceptors (Lipinski definition) is 6. The summed E-state index contributed by atoms with van der Waals surface area (Å²) in [7, 11) is 0. The molecule has 1 saturated heterocycles. The van der Waals surface area contributed by atoms with Crippen molar-refractivity contribution in [2.24, 2.45) is 0 Å². The van der Waals surface area contributed by atoms with Crippen molar-refractivity contribution in [3.05, 3.63) is 65.2 Å². The molecular weight excluding hydrogens is 423 g/mol. The van der Waals surface area contributed by atoms with Crippen molar-refractivity contribution in [2.45, 2.75) is 13.3 Å². The maximum absolute atomic E-state index is 12.7. The Labute approximate surface area is 187 Å². The van der Waals surface area contributed by atoms with Gasteiger partial charge in [0, 0.05) is 51.5 Å². The largest absolute Gasteiger partial charge is 0.368 e. The first kappa shape index (κ1) is 22.2. The Morgan fingerprint density at radius 3 is 2.47 bits per heavy atom. The van der Waals surface area contributed by atoms with Gasteiger partial charge in [-0.3, -0.25) is 9.69 Å². The molecule has 0 aliphatic carbocycles. The number of anilines is 1. The standard InChI is InChI=1S/C21H23ClN6O.ClH/c1-16-17(15-25-28(16)21-23-8-4-9-24-21)20(29)7-10-26-11-13-27(14-12-26)19-6-3-2-5-18(19)22;/h2-6,8-9,15H,7,10-14H2,1H3;1H. The number of ketones is 1. The number of carbonyl (C=O) groups is 1. The molecule has 1 fully saturated rings. The van der Waals surface area contributed by atoms with Crippen molar-refractivity contribution in [3.63, 3.8) is 0 Å². The molecule has 0 spiro atoms. The molecule has 0 unspecified atom stereocenters. The van der Waals surface area contributed by atoms with E-state index in [1.165, 1.54) is 0 Å². The van der Waals surface area contributed by atoms with E-state index in [2.05, 4.69) is 30.9 Å². The number of benzene rings is 1. The van der Waals surface area contributed by atoms with E-state index in [1.807, 2.05) is 25.1 Å². The molecule has 1 aliphatic heterocycles. The minimum absolute atomic E-state index is 0. The lowest BCUT2D eigenvalue weighted by atomic mass is 10.1. The Morgan fingerprint density at radius 1 is 1.07 bits per heavy atom. The lowest BCUT2D eigenvalue weighted by molar-refractivity contribution is 0.0962. The Balaban J connectivity index is 0.00000256. The van der Waals surface area contributed by atoms with Gasteiger partial charge in [-0.05, 0) is 25.1 Å². The Hall–Kier alpha value is -2.48. The summed E-state index contributed by atoms with van der Waals surface area (Å²) in [5, 5.41) is 5.07. The third-order valence-corrected chi connectivity index (χ3v) is 5.59. The van der Waals surface area contributed by atoms with E-state index >= 15 is 0 Å². The van der Waals surface area contributed by atoms with Crippen molar-refractivity contribution < 1.29 is 4.79 Å². The predicted octanol–water partition coefficient (Wildman–Crippen LogP) is 3.44. The number of Topliss-reactive ketones (excluding diaryl/α,β-unsaturated/α-hetero) is 1. The van der Waals surface area contributed by atoms with E-state index in [0.29, 0.717) is 17.9 Å². The van der Waals surface area contributed by atoms with Crippen molar-refractivity contribution in [1.82, 2.24) is 24.6 Å². The quantitative estimate of drug-likeness (QED) is 0.540. The average Bonchev–Trinajstić information content (AvgIpc) is 3.15. The fraction of sp³-hybridized carbons (Fsp3) is 0.333. The van der Waals surface area contributed by atoms with Gasteiger partial charge in [-0.1, -0.05) is 23.7 Å². The normalized spacial score (nSPS) is 14.4. The summed E-state index contributed by atoms with van der Waals surface area (Å²) >= 11 is 6.31. The molecule has 0 saturated carbocycles. The summed E-state index contributed by atoms with van der Waals surface area (Å²) in [4.78, 5) is 25.8. The van der Waals surface area contributed by atoms with E-state index in [0.717, 1.165) is 49.1 Å². The molecule has 30 heavy (non-hydrogen) atoms. The molecule has 0 amide bonds. The molecule has 1 aliphatic rings. The maximum Gasteiger partial charge on any atom is 0.250 e. The first-order valence-electron chi connectivity index (χ1n) is 9.70. The van der Waals surface area contributed by atoms with Crippen LogP contribution in [-0.4, -0.2) is 63.2 Å². The third-order valence-electron chi connectivity index (χ3n) is 5.27. The molecule has 9 heteroatoms. The number of piperazine rings is 1. The predicted molar refractivity (Wildman–Crippen MR) is 120 cm³/mol. The van der Waals surface area contributed by atoms with Crippen LogP contribution in [0.15, 0.2) is 48.9 Å². The number of aromatic nitrogens is 4. The first-order valence-corrected chi connectivity index (χ1v) is 10.1. The van der Waals surface area contributed by atoms with Crippen LogP contribution in [0.3, 0.4) is 0 Å². The van der Waals surface area contributed by atoms with Gasteiger partial charge >= 0.3 is 0 Å². The number of nitrogens with zero attached hydrogens (tertiary/aromatic N) is 6. The van der Waals surface area contributed by atoms with E-state index in [9.17, 15) is 4.79 Å². The number of halogens is 2. The summed E-state index contributed by atoms with van der Waals surface area (Å²) in [5.41, 5.74) is 2.48. The fourth-order valence-electron chi connectivity index (χ4n) is 3.60. The van der Waals surface area contributed by atoms with Crippen LogP contribution < -0.4 is 4.90 Å². The van der Waals surface area contributed by atoms with Gasteiger partial charge in [0.25, 0.3) is 5.95 Å². The SMILES string of the molecule is Cc1c(C(=O)CCN2CCN(c3ccccc3Cl)CC2)cnn1-c1ncccn1.Cl. The van der Waals surface area contributed by atoms with Crippen LogP contribution in [0.2, 0.25) is 5.02 Å². The number of rotatable bonds is 6. The van der Waals surface area contributed by atoms with Crippen LogP contribution in [-0.2, 0) is 0 Å². The minimum Gasteiger partial charge on any atom is -0.368 e. The van der Waals surface area contributed by atoms with E-state index in [1.54, 1.807) is 29.3 Å². The molecule has 0 radical (unpaired) electrons. The highest BCUT2D eigenvalue weighted by Crippen LogP contribution is 2.26. The molecular formula is C21H24Cl2N6O. The highest BCUT2D eigenvalue weighted by atomic mass is 35.5. The second-order valence-electron chi connectivity index (χ2n) is 7.06. The second-order valence-corrected chi connectivity index (χ2v) is 7.46. The fourth-order valence-corrected chi connectivity index (χ4v) is 3.86. The molecule has 7 nitrogen and oxygen atoms in total. The van der Waals surface area contributed by atoms with Crippen LogP contribution >= 0.6 is 24.0 Å². The molecule has 4 rings (SSSR count). The lowest BCUT2D eigenvalue weighted by Gasteiger charge is -2.36. The van der Waals surface area contributed by atoms with Crippen molar-refractivity contribution in [3.8, 4) is 5.95 Å². The zero-order valence-corrected chi connectivity index (χ0v) is 18.3. The van der Waals surface area contributed by atoms with Crippen LogP contribution in [0.25, 0.3) is 5.95 Å². The van der Waals surface area contributed by atoms with Crippen molar-refractivity contribution >= 4 is 35.5 Å². The summed E-state index contributed by atoms with van der Waals surface area (Å²) in [6.45, 7) is 6.24. The van der Waals surface area contributed by atoms with Crippen LogP contribution in [0.4, 0.5) is 5.69 Å². The molecule has 3 heterocycles. The second kappa shape index (κ2) is 10.0. The molecule has 3 aromatic rings. The average molecular weight is 447 g/mol. The zero-order valence-electron chi connectivity index (χ0n) is 16.7. The molecule has 2 aromatic heterocycles. The molecule has 158 valence electrons. The Morgan fingerprint density at radius 2 is 1.77 bits per heavy atom. The van der Waals surface area contributed by atoms with Gasteiger partial charge in [-0.25, -0.2) is 14.6 Å². The van der Waals surface area contributed by atoms with Gasteiger partial charge in [0.2, 0.25) is 0 Å². The van der Waals surface area contributed by atoms with Crippen molar-refractivity contribution in [1.29, 1.82) is 0 Å². The van der Waals surface area contributed by atoms with Gasteiger partial charge in [0.1, 0.15) is 0 Å². The maximum atomic E-state index is 12.7. The Bertz CT molecular complexity index is 986. The van der Waals surface area contributed by atoms with Gasteiger partial charge in [0.05, 0.1) is 28.2 Å². The summed E-state index contributed by atoms with van der Waals surface area (Å²) < 4.78 is 1.61. The van der Waals surface area contributed by atoms with E-state index < -0.39 is 0 Å². The van der Waals surface area contributed by atoms with Crippen molar-refractivity contribution in [2.75, 3.05) is 37.6 Å². The van der Waals surface area contributed by atoms with Crippen LogP contribution in [0.5, 0.6) is 0 Å². The molecule has 1 aromatic carbocycles. The number of carbonyl (C=O) groups excluding carboxylic acids is 1. The molecule has 0 bridgehead atoms. The highest BCUT2D eigenvalue weighted by molar-refractivity contribution is 6.33. The summed E-state index contributed by atoms with van der Waals surface area (Å²) in [6, 6.07) is 9.68. The zero-order chi connectivity index (χ0) is 20.2. The van der Waals surface area contributed by atoms with Gasteiger partial charge in [0.15, 0.2) is 5.78 Å². The van der Waals surface area contributed by atoms with Crippen LogP contribution in [0, 0.1) is 6.92 Å². The van der Waals surface area contributed by atoms with E-state index in [4.69, 9.17) is 11.6 Å². The first-order chi connectivity index (χ1) is 14.1. The minimum atomic E-state index is 0. The summed E-state index contributed by atoms with van der Waals surface area (Å²) in [6.07, 6.45) is 5.40. The highest BCUT2D eigenvalue weighted by Gasteiger charge is 2.21. The van der Waals surface area contributed by atoms with Gasteiger partial charge < -0.3 is 4.90 Å². The van der Waals surface area contributed by atoms with Crippen LogP contribution in [0.1, 0.15) is 22.5 Å². The molecule has 0 atom stereocenters. The number of para-hydroxylation sites is 1. The van der Waals surface area contributed by atoms with E-state index in [-0.39, 0.29) is 18.2 Å². The smallest absolute Gasteiger partial charge is 0.250 e.